The number of hydrogen-bond donors (Lipinski definition) is 0. The van der Waals surface area contributed by atoms with Gasteiger partial charge in [-0.05, 0) is 44.4 Å². The van der Waals surface area contributed by atoms with E-state index in [2.05, 4.69) is 34.4 Å². The van der Waals surface area contributed by atoms with E-state index in [1.54, 1.807) is 7.11 Å². The third-order valence-corrected chi connectivity index (χ3v) is 4.85. The molecule has 4 heteroatoms. The van der Waals surface area contributed by atoms with Crippen LogP contribution >= 0.6 is 22.6 Å². The highest BCUT2D eigenvalue weighted by atomic mass is 127. The molecule has 0 spiro atoms. The number of ether oxygens (including phenoxy) is 1. The SMILES string of the molecule is COc1ccc(CCN2CCCC2(C)I)c(F)c1. The molecule has 0 radical (unpaired) electrons. The van der Waals surface area contributed by atoms with Crippen LogP contribution in [0.3, 0.4) is 0 Å². The van der Waals surface area contributed by atoms with Crippen molar-refractivity contribution in [1.29, 1.82) is 0 Å². The first-order valence-corrected chi connectivity index (χ1v) is 7.37. The zero-order chi connectivity index (χ0) is 13.2. The van der Waals surface area contributed by atoms with Crippen molar-refractivity contribution < 1.29 is 9.13 Å². The Balaban J connectivity index is 1.98. The van der Waals surface area contributed by atoms with Crippen LogP contribution in [0.5, 0.6) is 5.75 Å². The standard InChI is InChI=1S/C14H19FINO/c1-14(16)7-3-8-17(14)9-6-11-4-5-12(18-2)10-13(11)15/h4-5,10H,3,6-9H2,1-2H3. The predicted molar refractivity (Wildman–Crippen MR) is 79.9 cm³/mol. The van der Waals surface area contributed by atoms with Crippen molar-refractivity contribution in [1.82, 2.24) is 4.90 Å². The van der Waals surface area contributed by atoms with E-state index in [0.29, 0.717) is 5.75 Å². The van der Waals surface area contributed by atoms with E-state index in [1.807, 2.05) is 12.1 Å². The molecule has 18 heavy (non-hydrogen) atoms. The van der Waals surface area contributed by atoms with Gasteiger partial charge in [0.05, 0.1) is 10.7 Å². The minimum absolute atomic E-state index is 0.163. The zero-order valence-corrected chi connectivity index (χ0v) is 13.0. The Morgan fingerprint density at radius 2 is 2.28 bits per heavy atom. The minimum Gasteiger partial charge on any atom is -0.497 e. The average Bonchev–Trinajstić information content (AvgIpc) is 2.67. The quantitative estimate of drug-likeness (QED) is 0.460. The Labute approximate surface area is 122 Å². The Bertz CT molecular complexity index is 422. The maximum absolute atomic E-state index is 13.8. The molecule has 1 saturated heterocycles. The lowest BCUT2D eigenvalue weighted by atomic mass is 10.1. The third kappa shape index (κ3) is 3.15. The van der Waals surface area contributed by atoms with Gasteiger partial charge in [0.1, 0.15) is 11.6 Å². The Kier molecular flexibility index (Phi) is 4.48. The Morgan fingerprint density at radius 3 is 2.83 bits per heavy atom. The molecule has 1 heterocycles. The first-order valence-electron chi connectivity index (χ1n) is 6.29. The van der Waals surface area contributed by atoms with Gasteiger partial charge < -0.3 is 4.74 Å². The van der Waals surface area contributed by atoms with Crippen molar-refractivity contribution in [3.8, 4) is 5.75 Å². The Hall–Kier alpha value is -0.360. The summed E-state index contributed by atoms with van der Waals surface area (Å²) in [5.41, 5.74) is 0.773. The van der Waals surface area contributed by atoms with Crippen LogP contribution in [0.25, 0.3) is 0 Å². The molecule has 0 bridgehead atoms. The summed E-state index contributed by atoms with van der Waals surface area (Å²) < 4.78 is 19.0. The second kappa shape index (κ2) is 5.74. The molecule has 1 atom stereocenters. The minimum atomic E-state index is -0.163. The second-order valence-electron chi connectivity index (χ2n) is 4.94. The van der Waals surface area contributed by atoms with E-state index in [9.17, 15) is 4.39 Å². The summed E-state index contributed by atoms with van der Waals surface area (Å²) >= 11 is 2.50. The number of likely N-dealkylation sites (tertiary alicyclic amines) is 1. The van der Waals surface area contributed by atoms with E-state index < -0.39 is 0 Å². The van der Waals surface area contributed by atoms with Gasteiger partial charge in [0.25, 0.3) is 0 Å². The molecule has 0 saturated carbocycles. The van der Waals surface area contributed by atoms with Gasteiger partial charge in [0.15, 0.2) is 0 Å². The van der Waals surface area contributed by atoms with E-state index in [-0.39, 0.29) is 9.36 Å². The highest BCUT2D eigenvalue weighted by molar-refractivity contribution is 14.1. The molecule has 0 amide bonds. The molecule has 100 valence electrons. The van der Waals surface area contributed by atoms with Crippen LogP contribution in [-0.2, 0) is 6.42 Å². The smallest absolute Gasteiger partial charge is 0.130 e. The molecular weight excluding hydrogens is 344 g/mol. The topological polar surface area (TPSA) is 12.5 Å². The van der Waals surface area contributed by atoms with Crippen LogP contribution in [0.2, 0.25) is 0 Å². The maximum atomic E-state index is 13.8. The lowest BCUT2D eigenvalue weighted by molar-refractivity contribution is 0.257. The fourth-order valence-corrected chi connectivity index (χ4v) is 3.31. The number of halogens is 2. The van der Waals surface area contributed by atoms with Crippen LogP contribution in [0.15, 0.2) is 18.2 Å². The van der Waals surface area contributed by atoms with E-state index in [0.717, 1.165) is 25.1 Å². The summed E-state index contributed by atoms with van der Waals surface area (Å²) in [6.45, 7) is 4.30. The lowest BCUT2D eigenvalue weighted by Crippen LogP contribution is -2.36. The largest absolute Gasteiger partial charge is 0.497 e. The number of hydrogen-bond acceptors (Lipinski definition) is 2. The summed E-state index contributed by atoms with van der Waals surface area (Å²) in [6, 6.07) is 5.11. The number of rotatable bonds is 4. The van der Waals surface area contributed by atoms with Crippen molar-refractivity contribution in [2.24, 2.45) is 0 Å². The monoisotopic (exact) mass is 363 g/mol. The zero-order valence-electron chi connectivity index (χ0n) is 10.9. The molecule has 0 aliphatic carbocycles. The van der Waals surface area contributed by atoms with Gasteiger partial charge in [-0.2, -0.15) is 0 Å². The van der Waals surface area contributed by atoms with E-state index >= 15 is 0 Å². The number of alkyl halides is 1. The Morgan fingerprint density at radius 1 is 1.50 bits per heavy atom. The lowest BCUT2D eigenvalue weighted by Gasteiger charge is -2.29. The molecule has 1 aromatic carbocycles. The first kappa shape index (κ1) is 14.1. The maximum Gasteiger partial charge on any atom is 0.130 e. The summed E-state index contributed by atoms with van der Waals surface area (Å²) in [5.74, 6) is 0.417. The van der Waals surface area contributed by atoms with Crippen molar-refractivity contribution in [2.45, 2.75) is 29.7 Å². The van der Waals surface area contributed by atoms with Gasteiger partial charge >= 0.3 is 0 Å². The highest BCUT2D eigenvalue weighted by Crippen LogP contribution is 2.35. The van der Waals surface area contributed by atoms with Crippen LogP contribution in [-0.4, -0.2) is 28.6 Å². The molecular formula is C14H19FINO. The van der Waals surface area contributed by atoms with Gasteiger partial charge in [-0.25, -0.2) is 4.39 Å². The van der Waals surface area contributed by atoms with Gasteiger partial charge in [-0.15, -0.1) is 0 Å². The van der Waals surface area contributed by atoms with Crippen molar-refractivity contribution in [3.05, 3.63) is 29.6 Å². The number of methoxy groups -OCH3 is 1. The summed E-state index contributed by atoms with van der Waals surface area (Å²) in [7, 11) is 1.56. The summed E-state index contributed by atoms with van der Waals surface area (Å²) in [5, 5.41) is 0. The molecule has 1 aromatic rings. The molecule has 0 aromatic heterocycles. The fourth-order valence-electron chi connectivity index (χ4n) is 2.44. The van der Waals surface area contributed by atoms with E-state index in [1.165, 1.54) is 18.9 Å². The summed E-state index contributed by atoms with van der Waals surface area (Å²) in [4.78, 5) is 2.44. The molecule has 2 rings (SSSR count). The molecule has 0 N–H and O–H groups in total. The van der Waals surface area contributed by atoms with E-state index in [4.69, 9.17) is 4.74 Å². The predicted octanol–water partition coefficient (Wildman–Crippen LogP) is 3.62. The number of nitrogens with zero attached hydrogens (tertiary/aromatic N) is 1. The highest BCUT2D eigenvalue weighted by Gasteiger charge is 2.33. The van der Waals surface area contributed by atoms with Gasteiger partial charge in [-0.3, -0.25) is 4.90 Å². The van der Waals surface area contributed by atoms with Crippen molar-refractivity contribution in [3.63, 3.8) is 0 Å². The summed E-state index contributed by atoms with van der Waals surface area (Å²) in [6.07, 6.45) is 3.22. The van der Waals surface area contributed by atoms with Crippen LogP contribution in [0, 0.1) is 5.82 Å². The number of benzene rings is 1. The average molecular weight is 363 g/mol. The second-order valence-corrected chi connectivity index (χ2v) is 7.26. The molecule has 2 nitrogen and oxygen atoms in total. The van der Waals surface area contributed by atoms with Crippen LogP contribution in [0.4, 0.5) is 4.39 Å². The molecule has 1 aliphatic rings. The van der Waals surface area contributed by atoms with Gasteiger partial charge in [-0.1, -0.05) is 28.7 Å². The van der Waals surface area contributed by atoms with Crippen LogP contribution in [0.1, 0.15) is 25.3 Å². The molecule has 1 aliphatic heterocycles. The van der Waals surface area contributed by atoms with Gasteiger partial charge in [0.2, 0.25) is 0 Å². The fraction of sp³-hybridized carbons (Fsp3) is 0.571. The normalized spacial score (nSPS) is 24.4. The van der Waals surface area contributed by atoms with Crippen LogP contribution < -0.4 is 4.74 Å². The van der Waals surface area contributed by atoms with Gasteiger partial charge in [0, 0.05) is 12.6 Å². The van der Waals surface area contributed by atoms with Crippen molar-refractivity contribution >= 4 is 22.6 Å². The molecule has 1 unspecified atom stereocenters. The first-order chi connectivity index (χ1) is 8.53. The molecule has 1 fully saturated rings. The van der Waals surface area contributed by atoms with Crippen molar-refractivity contribution in [2.75, 3.05) is 20.2 Å². The third-order valence-electron chi connectivity index (χ3n) is 3.63.